The first-order valence-corrected chi connectivity index (χ1v) is 13.5. The van der Waals surface area contributed by atoms with E-state index in [-0.39, 0.29) is 34.8 Å². The molecule has 4 saturated carbocycles. The highest BCUT2D eigenvalue weighted by Gasteiger charge is 2.50. The normalized spacial score (nSPS) is 24.3. The molecule has 0 amide bonds. The molecule has 4 fully saturated rings. The number of aromatic nitrogens is 1. The van der Waals surface area contributed by atoms with Gasteiger partial charge < -0.3 is 19.1 Å². The molecule has 7 rings (SSSR count). The van der Waals surface area contributed by atoms with E-state index in [2.05, 4.69) is 5.16 Å². The summed E-state index contributed by atoms with van der Waals surface area (Å²) in [4.78, 5) is 11.2. The van der Waals surface area contributed by atoms with Crippen LogP contribution in [0.2, 0.25) is 0 Å². The van der Waals surface area contributed by atoms with Crippen LogP contribution >= 0.6 is 0 Å². The van der Waals surface area contributed by atoms with Crippen molar-refractivity contribution < 1.29 is 41.5 Å². The predicted molar refractivity (Wildman–Crippen MR) is 135 cm³/mol. The number of halogens is 4. The molecule has 0 unspecified atom stereocenters. The largest absolute Gasteiger partial charge is 0.493 e. The lowest BCUT2D eigenvalue weighted by Gasteiger charge is -2.52. The number of fused-ring (bicyclic) bond motifs is 3. The van der Waals surface area contributed by atoms with Crippen LogP contribution in [0.5, 0.6) is 5.75 Å². The van der Waals surface area contributed by atoms with Crippen LogP contribution in [-0.4, -0.2) is 28.4 Å². The molecule has 0 radical (unpaired) electrons. The van der Waals surface area contributed by atoms with Crippen molar-refractivity contribution in [3.63, 3.8) is 0 Å². The number of aromatic carboxylic acids is 1. The van der Waals surface area contributed by atoms with Gasteiger partial charge in [-0.05, 0) is 75.6 Å². The summed E-state index contributed by atoms with van der Waals surface area (Å²) in [5, 5.41) is 13.3. The average molecular weight is 560 g/mol. The third-order valence-corrected chi connectivity index (χ3v) is 8.82. The zero-order chi connectivity index (χ0) is 28.1. The second-order valence-corrected chi connectivity index (χ2v) is 11.4. The van der Waals surface area contributed by atoms with E-state index < -0.39 is 29.1 Å². The summed E-state index contributed by atoms with van der Waals surface area (Å²) in [7, 11) is 0. The molecule has 6 nitrogen and oxygen atoms in total. The highest BCUT2D eigenvalue weighted by Crippen LogP contribution is 2.55. The van der Waals surface area contributed by atoms with Gasteiger partial charge in [-0.25, -0.2) is 9.18 Å². The quantitative estimate of drug-likeness (QED) is 0.270. The van der Waals surface area contributed by atoms with E-state index in [9.17, 15) is 27.5 Å². The van der Waals surface area contributed by atoms with E-state index in [4.69, 9.17) is 14.0 Å². The first-order valence-electron chi connectivity index (χ1n) is 13.5. The molecule has 1 aromatic heterocycles. The molecular formula is C30H29F4NO5. The van der Waals surface area contributed by atoms with Crippen molar-refractivity contribution in [2.75, 3.05) is 6.61 Å². The lowest BCUT2D eigenvalue weighted by molar-refractivity contribution is -0.150. The molecule has 40 heavy (non-hydrogen) atoms. The number of carbonyl (C=O) groups is 1. The molecule has 212 valence electrons. The van der Waals surface area contributed by atoms with E-state index in [1.54, 1.807) is 6.07 Å². The molecule has 1 N–H and O–H groups in total. The fraction of sp³-hybridized carbons (Fsp3) is 0.467. The molecule has 2 aromatic carbocycles. The SMILES string of the molecule is O=C(O)c1cc(OCC23CCC(OCc4c(-c5ccccc5C(F)(F)F)noc4C4CC4)(CC2)CC3)ccc1F. The summed E-state index contributed by atoms with van der Waals surface area (Å²) in [5.41, 5.74) is -0.848. The molecule has 0 atom stereocenters. The smallest absolute Gasteiger partial charge is 0.417 e. The number of rotatable bonds is 9. The molecule has 4 aliphatic rings. The van der Waals surface area contributed by atoms with Crippen LogP contribution in [0.4, 0.5) is 17.6 Å². The summed E-state index contributed by atoms with van der Waals surface area (Å²) in [6.45, 7) is 0.525. The molecule has 4 aliphatic carbocycles. The number of hydrogen-bond acceptors (Lipinski definition) is 5. The molecular weight excluding hydrogens is 530 g/mol. The minimum atomic E-state index is -4.52. The molecule has 1 heterocycles. The average Bonchev–Trinajstić information content (AvgIpc) is 3.71. The van der Waals surface area contributed by atoms with E-state index in [0.717, 1.165) is 63.5 Å². The van der Waals surface area contributed by atoms with Crippen molar-refractivity contribution in [3.05, 3.63) is 70.7 Å². The maximum atomic E-state index is 13.8. The highest BCUT2D eigenvalue weighted by molar-refractivity contribution is 5.88. The Morgan fingerprint density at radius 2 is 1.75 bits per heavy atom. The van der Waals surface area contributed by atoms with Gasteiger partial charge in [0.2, 0.25) is 0 Å². The Bertz CT molecular complexity index is 1400. The molecule has 3 aromatic rings. The van der Waals surface area contributed by atoms with Crippen molar-refractivity contribution >= 4 is 5.97 Å². The Morgan fingerprint density at radius 3 is 2.40 bits per heavy atom. The first-order chi connectivity index (χ1) is 19.1. The van der Waals surface area contributed by atoms with Crippen molar-refractivity contribution in [1.29, 1.82) is 0 Å². The Morgan fingerprint density at radius 1 is 1.05 bits per heavy atom. The van der Waals surface area contributed by atoms with Crippen LogP contribution in [0, 0.1) is 11.2 Å². The van der Waals surface area contributed by atoms with E-state index in [0.29, 0.717) is 23.7 Å². The minimum absolute atomic E-state index is 0.00273. The Hall–Kier alpha value is -3.40. The van der Waals surface area contributed by atoms with Gasteiger partial charge in [-0.1, -0.05) is 23.4 Å². The van der Waals surface area contributed by atoms with E-state index >= 15 is 0 Å². The second kappa shape index (κ2) is 9.90. The van der Waals surface area contributed by atoms with Crippen molar-refractivity contribution in [2.45, 2.75) is 75.7 Å². The zero-order valence-electron chi connectivity index (χ0n) is 21.7. The number of carboxylic acids is 1. The van der Waals surface area contributed by atoms with Gasteiger partial charge in [0.1, 0.15) is 23.0 Å². The zero-order valence-corrected chi connectivity index (χ0v) is 21.7. The number of ether oxygens (including phenoxy) is 2. The standard InChI is InChI=1S/C30H29F4NO5/c31-24-8-7-19(15-21(24)27(36)37)38-17-28-9-12-29(13-10-28,14-11-28)39-16-22-25(35-40-26(22)18-5-6-18)20-3-1-2-4-23(20)30(32,33)34/h1-4,7-8,15,18H,5-6,9-14,16-17H2,(H,36,37). The third-order valence-electron chi connectivity index (χ3n) is 8.82. The number of alkyl halides is 3. The van der Waals surface area contributed by atoms with E-state index in [1.807, 2.05) is 0 Å². The summed E-state index contributed by atoms with van der Waals surface area (Å²) >= 11 is 0. The number of carboxylic acid groups (broad SMARTS) is 1. The van der Waals surface area contributed by atoms with Gasteiger partial charge in [0, 0.05) is 22.5 Å². The molecule has 2 bridgehead atoms. The van der Waals surface area contributed by atoms with Gasteiger partial charge in [0.25, 0.3) is 0 Å². The predicted octanol–water partition coefficient (Wildman–Crippen LogP) is 7.76. The van der Waals surface area contributed by atoms with Crippen LogP contribution < -0.4 is 4.74 Å². The highest BCUT2D eigenvalue weighted by atomic mass is 19.4. The molecule has 0 spiro atoms. The second-order valence-electron chi connectivity index (χ2n) is 11.4. The fourth-order valence-corrected chi connectivity index (χ4v) is 6.16. The van der Waals surface area contributed by atoms with Gasteiger partial charge in [-0.2, -0.15) is 13.2 Å². The lowest BCUT2D eigenvalue weighted by Crippen LogP contribution is -2.49. The van der Waals surface area contributed by atoms with Crippen molar-refractivity contribution in [3.8, 4) is 17.0 Å². The summed E-state index contributed by atoms with van der Waals surface area (Å²) in [5.74, 6) is -1.05. The van der Waals surface area contributed by atoms with Gasteiger partial charge in [-0.15, -0.1) is 0 Å². The number of nitrogens with zero attached hydrogens (tertiary/aromatic N) is 1. The van der Waals surface area contributed by atoms with Crippen LogP contribution in [0.25, 0.3) is 11.3 Å². The summed E-state index contributed by atoms with van der Waals surface area (Å²) in [6.07, 6.45) is 2.15. The van der Waals surface area contributed by atoms with E-state index in [1.165, 1.54) is 24.3 Å². The molecule has 0 aliphatic heterocycles. The summed E-state index contributed by atoms with van der Waals surface area (Å²) < 4.78 is 73.1. The van der Waals surface area contributed by atoms with Crippen LogP contribution in [0.3, 0.4) is 0 Å². The molecule has 10 heteroatoms. The summed E-state index contributed by atoms with van der Waals surface area (Å²) in [6, 6.07) is 9.15. The first kappa shape index (κ1) is 26.8. The molecule has 0 saturated heterocycles. The number of hydrogen-bond donors (Lipinski definition) is 1. The maximum Gasteiger partial charge on any atom is 0.417 e. The topological polar surface area (TPSA) is 81.8 Å². The Labute approximate surface area is 228 Å². The number of benzene rings is 2. The fourth-order valence-electron chi connectivity index (χ4n) is 6.16. The van der Waals surface area contributed by atoms with Crippen molar-refractivity contribution in [1.82, 2.24) is 5.16 Å². The van der Waals surface area contributed by atoms with Crippen molar-refractivity contribution in [2.24, 2.45) is 5.41 Å². The van der Waals surface area contributed by atoms with Gasteiger partial charge in [-0.3, -0.25) is 0 Å². The van der Waals surface area contributed by atoms with Crippen LogP contribution in [0.1, 0.15) is 84.5 Å². The van der Waals surface area contributed by atoms with Gasteiger partial charge >= 0.3 is 12.1 Å². The van der Waals surface area contributed by atoms with Crippen LogP contribution in [0.15, 0.2) is 47.0 Å². The Balaban J connectivity index is 1.15. The van der Waals surface area contributed by atoms with Gasteiger partial charge in [0.05, 0.1) is 29.9 Å². The third kappa shape index (κ3) is 5.09. The maximum absolute atomic E-state index is 13.8. The Kier molecular flexibility index (Phi) is 6.64. The lowest BCUT2D eigenvalue weighted by atomic mass is 9.59. The monoisotopic (exact) mass is 559 g/mol. The minimum Gasteiger partial charge on any atom is -0.493 e. The van der Waals surface area contributed by atoms with Gasteiger partial charge in [0.15, 0.2) is 0 Å². The van der Waals surface area contributed by atoms with Crippen LogP contribution in [-0.2, 0) is 17.5 Å².